The van der Waals surface area contributed by atoms with Crippen molar-refractivity contribution in [3.05, 3.63) is 0 Å². The first-order chi connectivity index (χ1) is 30.0. The van der Waals surface area contributed by atoms with E-state index in [4.69, 9.17) is 14.2 Å². The molecule has 0 heterocycles. The predicted octanol–water partition coefficient (Wildman–Crippen LogP) is 18.0. The van der Waals surface area contributed by atoms with Crippen LogP contribution in [0.4, 0.5) is 0 Å². The van der Waals surface area contributed by atoms with Crippen molar-refractivity contribution >= 4 is 17.9 Å². The van der Waals surface area contributed by atoms with Crippen LogP contribution in [0.5, 0.6) is 0 Å². The lowest BCUT2D eigenvalue weighted by atomic mass is 10.0. The van der Waals surface area contributed by atoms with E-state index in [0.29, 0.717) is 19.3 Å². The van der Waals surface area contributed by atoms with Crippen molar-refractivity contribution in [3.63, 3.8) is 0 Å². The summed E-state index contributed by atoms with van der Waals surface area (Å²) in [5.74, 6) is -0.840. The van der Waals surface area contributed by atoms with Crippen LogP contribution >= 0.6 is 0 Å². The van der Waals surface area contributed by atoms with E-state index in [9.17, 15) is 14.4 Å². The van der Waals surface area contributed by atoms with Crippen LogP contribution in [0.2, 0.25) is 0 Å². The maximum Gasteiger partial charge on any atom is 0.306 e. The Bertz CT molecular complexity index is 905. The number of hydrogen-bond donors (Lipinski definition) is 0. The van der Waals surface area contributed by atoms with Crippen LogP contribution in [0.15, 0.2) is 0 Å². The van der Waals surface area contributed by atoms with Crippen LogP contribution < -0.4 is 0 Å². The molecule has 0 aliphatic rings. The summed E-state index contributed by atoms with van der Waals surface area (Å²) >= 11 is 0. The Morgan fingerprint density at radius 2 is 0.443 bits per heavy atom. The first-order valence-corrected chi connectivity index (χ1v) is 27.5. The summed E-state index contributed by atoms with van der Waals surface area (Å²) in [6.45, 7) is 6.68. The summed E-state index contributed by atoms with van der Waals surface area (Å²) in [6.07, 6.45) is 55.2. The van der Waals surface area contributed by atoms with Crippen molar-refractivity contribution in [3.8, 4) is 0 Å². The van der Waals surface area contributed by atoms with E-state index in [1.54, 1.807) is 0 Å². The molecule has 362 valence electrons. The summed E-state index contributed by atoms with van der Waals surface area (Å²) in [5, 5.41) is 0. The molecule has 0 saturated heterocycles. The molecule has 0 spiro atoms. The third-order valence-corrected chi connectivity index (χ3v) is 12.6. The number of carbonyl (C=O) groups excluding carboxylic acids is 3. The first-order valence-electron chi connectivity index (χ1n) is 27.5. The number of hydrogen-bond acceptors (Lipinski definition) is 6. The van der Waals surface area contributed by atoms with Crippen LogP contribution in [0, 0.1) is 0 Å². The molecular formula is C55H106O6. The minimum absolute atomic E-state index is 0.0616. The monoisotopic (exact) mass is 863 g/mol. The van der Waals surface area contributed by atoms with E-state index in [1.807, 2.05) is 0 Å². The molecule has 0 aliphatic heterocycles. The molecule has 6 nitrogen and oxygen atoms in total. The van der Waals surface area contributed by atoms with Crippen molar-refractivity contribution in [2.75, 3.05) is 13.2 Å². The van der Waals surface area contributed by atoms with Gasteiger partial charge in [0.15, 0.2) is 6.10 Å². The fraction of sp³-hybridized carbons (Fsp3) is 0.945. The van der Waals surface area contributed by atoms with E-state index in [-0.39, 0.29) is 31.1 Å². The van der Waals surface area contributed by atoms with E-state index < -0.39 is 6.10 Å². The van der Waals surface area contributed by atoms with Gasteiger partial charge in [-0.15, -0.1) is 0 Å². The molecule has 0 aromatic carbocycles. The van der Waals surface area contributed by atoms with E-state index in [1.165, 1.54) is 218 Å². The maximum atomic E-state index is 12.8. The van der Waals surface area contributed by atoms with Crippen LogP contribution in [-0.4, -0.2) is 37.2 Å². The summed E-state index contributed by atoms with van der Waals surface area (Å²) < 4.78 is 16.8. The highest BCUT2D eigenvalue weighted by Gasteiger charge is 2.19. The molecule has 1 atom stereocenters. The molecule has 0 aliphatic carbocycles. The van der Waals surface area contributed by atoms with Gasteiger partial charge in [0.2, 0.25) is 0 Å². The van der Waals surface area contributed by atoms with Gasteiger partial charge >= 0.3 is 17.9 Å². The van der Waals surface area contributed by atoms with Gasteiger partial charge < -0.3 is 14.2 Å². The molecule has 0 amide bonds. The Labute approximate surface area is 380 Å². The lowest BCUT2D eigenvalue weighted by molar-refractivity contribution is -0.167. The molecular weight excluding hydrogens is 757 g/mol. The lowest BCUT2D eigenvalue weighted by Crippen LogP contribution is -2.30. The smallest absolute Gasteiger partial charge is 0.306 e. The highest BCUT2D eigenvalue weighted by atomic mass is 16.6. The summed E-state index contributed by atoms with van der Waals surface area (Å²) in [4.78, 5) is 37.9. The standard InChI is InChI=1S/C55H106O6/c1-4-7-10-13-16-19-21-23-25-27-28-30-31-33-36-39-42-45-48-54(57)60-51-52(50-59-53(56)47-44-41-38-35-18-15-12-9-6-3)61-55(58)49-46-43-40-37-34-32-29-26-24-22-20-17-14-11-8-5-2/h52H,4-51H2,1-3H3/t52-/m0/s1. The van der Waals surface area contributed by atoms with Gasteiger partial charge in [-0.25, -0.2) is 0 Å². The Morgan fingerprint density at radius 3 is 0.656 bits per heavy atom. The number of ether oxygens (including phenoxy) is 3. The van der Waals surface area contributed by atoms with Crippen LogP contribution in [0.1, 0.15) is 316 Å². The zero-order valence-corrected chi connectivity index (χ0v) is 41.5. The molecule has 0 saturated carbocycles. The van der Waals surface area contributed by atoms with Crippen LogP contribution in [-0.2, 0) is 28.6 Å². The average molecular weight is 863 g/mol. The lowest BCUT2D eigenvalue weighted by Gasteiger charge is -2.18. The molecule has 0 bridgehead atoms. The highest BCUT2D eigenvalue weighted by Crippen LogP contribution is 2.17. The molecule has 61 heavy (non-hydrogen) atoms. The van der Waals surface area contributed by atoms with Gasteiger partial charge in [-0.1, -0.05) is 278 Å². The zero-order valence-electron chi connectivity index (χ0n) is 41.5. The molecule has 0 rings (SSSR count). The Morgan fingerprint density at radius 1 is 0.262 bits per heavy atom. The largest absolute Gasteiger partial charge is 0.462 e. The summed E-state index contributed by atoms with van der Waals surface area (Å²) in [7, 11) is 0. The van der Waals surface area contributed by atoms with Crippen molar-refractivity contribution in [1.82, 2.24) is 0 Å². The van der Waals surface area contributed by atoms with Gasteiger partial charge in [-0.05, 0) is 19.3 Å². The highest BCUT2D eigenvalue weighted by molar-refractivity contribution is 5.71. The number of rotatable bonds is 51. The number of esters is 3. The van der Waals surface area contributed by atoms with Gasteiger partial charge in [0, 0.05) is 19.3 Å². The van der Waals surface area contributed by atoms with Crippen molar-refractivity contribution < 1.29 is 28.6 Å². The molecule has 0 N–H and O–H groups in total. The van der Waals surface area contributed by atoms with Crippen molar-refractivity contribution in [1.29, 1.82) is 0 Å². The minimum atomic E-state index is -0.759. The SMILES string of the molecule is CCCCCCCCCCCCCCCCCCCCC(=O)OC[C@H](COC(=O)CCCCCCCCCCC)OC(=O)CCCCCCCCCCCCCCCCCC. The fourth-order valence-corrected chi connectivity index (χ4v) is 8.45. The van der Waals surface area contributed by atoms with Gasteiger partial charge in [0.1, 0.15) is 13.2 Å². The normalized spacial score (nSPS) is 11.9. The van der Waals surface area contributed by atoms with E-state index in [2.05, 4.69) is 20.8 Å². The zero-order chi connectivity index (χ0) is 44.4. The predicted molar refractivity (Wildman–Crippen MR) is 261 cm³/mol. The van der Waals surface area contributed by atoms with Gasteiger partial charge in [0.25, 0.3) is 0 Å². The average Bonchev–Trinajstić information content (AvgIpc) is 3.26. The molecule has 0 aromatic rings. The van der Waals surface area contributed by atoms with Crippen LogP contribution in [0.3, 0.4) is 0 Å². The molecule has 0 aromatic heterocycles. The Hall–Kier alpha value is -1.59. The molecule has 0 radical (unpaired) electrons. The molecule has 6 heteroatoms. The number of unbranched alkanes of at least 4 members (excludes halogenated alkanes) is 40. The minimum Gasteiger partial charge on any atom is -0.462 e. The third-order valence-electron chi connectivity index (χ3n) is 12.6. The van der Waals surface area contributed by atoms with Gasteiger partial charge in [0.05, 0.1) is 0 Å². The van der Waals surface area contributed by atoms with Gasteiger partial charge in [-0.3, -0.25) is 14.4 Å². The second kappa shape index (κ2) is 51.0. The first kappa shape index (κ1) is 59.4. The summed E-state index contributed by atoms with van der Waals surface area (Å²) in [6, 6.07) is 0. The van der Waals surface area contributed by atoms with Crippen LogP contribution in [0.25, 0.3) is 0 Å². The van der Waals surface area contributed by atoms with Crippen molar-refractivity contribution in [2.24, 2.45) is 0 Å². The van der Waals surface area contributed by atoms with E-state index >= 15 is 0 Å². The maximum absolute atomic E-state index is 12.8. The fourth-order valence-electron chi connectivity index (χ4n) is 8.45. The Kier molecular flexibility index (Phi) is 49.7. The third kappa shape index (κ3) is 49.3. The summed E-state index contributed by atoms with van der Waals surface area (Å²) in [5.41, 5.74) is 0. The quantitative estimate of drug-likeness (QED) is 0.0344. The second-order valence-electron chi connectivity index (χ2n) is 18.9. The Balaban J connectivity index is 4.22. The van der Waals surface area contributed by atoms with Crippen molar-refractivity contribution in [2.45, 2.75) is 322 Å². The topological polar surface area (TPSA) is 78.9 Å². The molecule has 0 unspecified atom stereocenters. The van der Waals surface area contributed by atoms with E-state index in [0.717, 1.165) is 57.8 Å². The second-order valence-corrected chi connectivity index (χ2v) is 18.9. The van der Waals surface area contributed by atoms with Gasteiger partial charge in [-0.2, -0.15) is 0 Å². The number of carbonyl (C=O) groups is 3. The molecule has 0 fully saturated rings.